The van der Waals surface area contributed by atoms with Crippen molar-refractivity contribution in [2.24, 2.45) is 5.41 Å². The van der Waals surface area contributed by atoms with E-state index in [2.05, 4.69) is 9.47 Å². The van der Waals surface area contributed by atoms with Gasteiger partial charge in [-0.2, -0.15) is 0 Å². The lowest BCUT2D eigenvalue weighted by Gasteiger charge is -2.27. The van der Waals surface area contributed by atoms with E-state index in [1.807, 2.05) is 0 Å². The molecule has 0 aromatic carbocycles. The fraction of sp³-hybridized carbons (Fsp3) is 0.765. The normalized spacial score (nSPS) is 10.7. The predicted octanol–water partition coefficient (Wildman–Crippen LogP) is 2.83. The summed E-state index contributed by atoms with van der Waals surface area (Å²) in [6.45, 7) is -1.02. The number of methoxy groups -OCH3 is 2. The summed E-state index contributed by atoms with van der Waals surface area (Å²) in [5, 5.41) is 18.2. The van der Waals surface area contributed by atoms with Crippen LogP contribution in [0.15, 0.2) is 0 Å². The van der Waals surface area contributed by atoms with Crippen LogP contribution in [0.1, 0.15) is 51.4 Å². The second kappa shape index (κ2) is 13.7. The number of ether oxygens (including phenoxy) is 4. The Balaban J connectivity index is 4.57. The summed E-state index contributed by atoms with van der Waals surface area (Å²) in [6, 6.07) is 0. The fourth-order valence-electron chi connectivity index (χ4n) is 2.38. The van der Waals surface area contributed by atoms with Gasteiger partial charge in [0.1, 0.15) is 18.6 Å². The number of carboxylic acids is 2. The predicted molar refractivity (Wildman–Crippen MR) is 91.4 cm³/mol. The molecule has 0 heterocycles. The van der Waals surface area contributed by atoms with E-state index in [1.165, 1.54) is 0 Å². The number of carboxylic acid groups (broad SMARTS) is 2. The Morgan fingerprint density at radius 1 is 0.741 bits per heavy atom. The Hall–Kier alpha value is -2.52. The molecule has 2 N–H and O–H groups in total. The van der Waals surface area contributed by atoms with Gasteiger partial charge in [0.2, 0.25) is 0 Å². The first-order chi connectivity index (χ1) is 12.8. The van der Waals surface area contributed by atoms with Gasteiger partial charge in [-0.25, -0.2) is 9.59 Å². The number of unbranched alkanes of at least 4 members (excludes halogenated alkanes) is 5. The number of hydrogen-bond acceptors (Lipinski definition) is 8. The lowest BCUT2D eigenvalue weighted by molar-refractivity contribution is -0.156. The second-order valence-corrected chi connectivity index (χ2v) is 6.09. The van der Waals surface area contributed by atoms with Crippen LogP contribution in [0, 0.1) is 5.41 Å². The zero-order chi connectivity index (χ0) is 20.7. The summed E-state index contributed by atoms with van der Waals surface area (Å²) in [5.74, 6) is -2.09. The van der Waals surface area contributed by atoms with Crippen LogP contribution in [0.4, 0.5) is 9.59 Å². The molecule has 0 spiro atoms. The first-order valence-corrected chi connectivity index (χ1v) is 8.64. The van der Waals surface area contributed by atoms with Crippen molar-refractivity contribution in [3.8, 4) is 0 Å². The first kappa shape index (κ1) is 24.5. The van der Waals surface area contributed by atoms with E-state index in [1.54, 1.807) is 0 Å². The van der Waals surface area contributed by atoms with Crippen LogP contribution in [0.2, 0.25) is 0 Å². The summed E-state index contributed by atoms with van der Waals surface area (Å²) in [5.41, 5.74) is -1.61. The number of hydrogen-bond donors (Lipinski definition) is 2. The monoisotopic (exact) mass is 392 g/mol. The molecule has 0 aliphatic rings. The van der Waals surface area contributed by atoms with Crippen molar-refractivity contribution in [3.63, 3.8) is 0 Å². The third-order valence-corrected chi connectivity index (χ3v) is 4.02. The highest BCUT2D eigenvalue weighted by Crippen LogP contribution is 2.28. The van der Waals surface area contributed by atoms with Crippen LogP contribution in [0.5, 0.6) is 0 Å². The highest BCUT2D eigenvalue weighted by molar-refractivity contribution is 5.76. The zero-order valence-electron chi connectivity index (χ0n) is 15.7. The topological polar surface area (TPSA) is 146 Å². The van der Waals surface area contributed by atoms with E-state index < -0.39 is 42.9 Å². The molecule has 0 radical (unpaired) electrons. The molecule has 0 unspecified atom stereocenters. The molecule has 0 aromatic rings. The maximum atomic E-state index is 11.8. The molecule has 156 valence electrons. The van der Waals surface area contributed by atoms with Crippen LogP contribution >= 0.6 is 0 Å². The molecule has 0 aromatic heterocycles. The van der Waals surface area contributed by atoms with Gasteiger partial charge < -0.3 is 29.2 Å². The van der Waals surface area contributed by atoms with E-state index in [0.717, 1.165) is 33.5 Å². The average Bonchev–Trinajstić information content (AvgIpc) is 2.64. The molecule has 10 nitrogen and oxygen atoms in total. The molecule has 0 amide bonds. The summed E-state index contributed by atoms with van der Waals surface area (Å²) < 4.78 is 18.3. The fourth-order valence-corrected chi connectivity index (χ4v) is 2.38. The Morgan fingerprint density at radius 3 is 1.59 bits per heavy atom. The van der Waals surface area contributed by atoms with Crippen molar-refractivity contribution in [2.45, 2.75) is 51.4 Å². The van der Waals surface area contributed by atoms with Crippen molar-refractivity contribution in [2.75, 3.05) is 27.4 Å². The van der Waals surface area contributed by atoms with E-state index in [-0.39, 0.29) is 12.8 Å². The lowest BCUT2D eigenvalue weighted by Crippen LogP contribution is -2.41. The smallest absolute Gasteiger partial charge is 0.481 e. The van der Waals surface area contributed by atoms with Gasteiger partial charge >= 0.3 is 24.2 Å². The molecular weight excluding hydrogens is 364 g/mol. The largest absolute Gasteiger partial charge is 0.508 e. The van der Waals surface area contributed by atoms with Gasteiger partial charge in [-0.3, -0.25) is 9.59 Å². The molecule has 0 atom stereocenters. The molecule has 0 aliphatic carbocycles. The molecule has 0 saturated carbocycles. The Bertz CT molecular complexity index is 468. The van der Waals surface area contributed by atoms with Gasteiger partial charge in [0.25, 0.3) is 0 Å². The van der Waals surface area contributed by atoms with E-state index >= 15 is 0 Å². The van der Waals surface area contributed by atoms with Crippen LogP contribution in [-0.2, 0) is 28.5 Å². The molecule has 10 heteroatoms. The van der Waals surface area contributed by atoms with Crippen molar-refractivity contribution < 1.29 is 48.3 Å². The zero-order valence-corrected chi connectivity index (χ0v) is 15.7. The van der Waals surface area contributed by atoms with Gasteiger partial charge in [-0.05, 0) is 12.8 Å². The SMILES string of the molecule is COC(=O)OCC(CCCCCCCCC(=O)O)(COC(=O)OC)C(=O)O. The summed E-state index contributed by atoms with van der Waals surface area (Å²) in [4.78, 5) is 44.6. The summed E-state index contributed by atoms with van der Waals surface area (Å²) in [7, 11) is 2.19. The standard InChI is InChI=1S/C17H28O10/c1-24-15(22)26-11-17(14(20)21,12-27-16(23)25-2)10-8-6-4-3-5-7-9-13(18)19/h3-12H2,1-2H3,(H,18,19)(H,20,21). The number of carbonyl (C=O) groups is 4. The maximum absolute atomic E-state index is 11.8. The minimum atomic E-state index is -1.61. The molecule has 0 aliphatic heterocycles. The average molecular weight is 392 g/mol. The molecule has 0 saturated heterocycles. The highest BCUT2D eigenvalue weighted by atomic mass is 16.7. The summed E-state index contributed by atoms with van der Waals surface area (Å²) in [6.07, 6.45) is 2.44. The number of carbonyl (C=O) groups excluding carboxylic acids is 2. The minimum absolute atomic E-state index is 0.117. The Morgan fingerprint density at radius 2 is 1.19 bits per heavy atom. The Labute approximate surface area is 157 Å². The van der Waals surface area contributed by atoms with Gasteiger partial charge in [-0.1, -0.05) is 32.1 Å². The summed E-state index contributed by atoms with van der Waals surface area (Å²) >= 11 is 0. The van der Waals surface area contributed by atoms with E-state index in [4.69, 9.17) is 14.6 Å². The quantitative estimate of drug-likeness (QED) is 0.334. The van der Waals surface area contributed by atoms with Gasteiger partial charge in [0.05, 0.1) is 14.2 Å². The van der Waals surface area contributed by atoms with E-state index in [9.17, 15) is 24.3 Å². The van der Waals surface area contributed by atoms with Crippen LogP contribution in [0.25, 0.3) is 0 Å². The van der Waals surface area contributed by atoms with Crippen molar-refractivity contribution in [1.82, 2.24) is 0 Å². The molecule has 0 bridgehead atoms. The van der Waals surface area contributed by atoms with Gasteiger partial charge in [0.15, 0.2) is 0 Å². The maximum Gasteiger partial charge on any atom is 0.508 e. The second-order valence-electron chi connectivity index (χ2n) is 6.09. The molecule has 0 fully saturated rings. The van der Waals surface area contributed by atoms with Crippen LogP contribution in [0.3, 0.4) is 0 Å². The number of rotatable bonds is 14. The first-order valence-electron chi connectivity index (χ1n) is 8.64. The molecular formula is C17H28O10. The Kier molecular flexibility index (Phi) is 12.4. The van der Waals surface area contributed by atoms with Crippen molar-refractivity contribution in [1.29, 1.82) is 0 Å². The minimum Gasteiger partial charge on any atom is -0.481 e. The van der Waals surface area contributed by atoms with Crippen LogP contribution < -0.4 is 0 Å². The highest BCUT2D eigenvalue weighted by Gasteiger charge is 2.41. The van der Waals surface area contributed by atoms with Crippen molar-refractivity contribution >= 4 is 24.2 Å². The molecule has 0 rings (SSSR count). The number of aliphatic carboxylic acids is 2. The van der Waals surface area contributed by atoms with Gasteiger partial charge in [0, 0.05) is 6.42 Å². The van der Waals surface area contributed by atoms with E-state index in [0.29, 0.717) is 19.3 Å². The van der Waals surface area contributed by atoms with Crippen molar-refractivity contribution in [3.05, 3.63) is 0 Å². The van der Waals surface area contributed by atoms with Gasteiger partial charge in [-0.15, -0.1) is 0 Å². The third-order valence-electron chi connectivity index (χ3n) is 4.02. The molecule has 27 heavy (non-hydrogen) atoms. The lowest BCUT2D eigenvalue weighted by atomic mass is 9.84. The third kappa shape index (κ3) is 10.9. The van der Waals surface area contributed by atoms with Crippen LogP contribution in [-0.4, -0.2) is 61.9 Å².